The van der Waals surface area contributed by atoms with Crippen LogP contribution in [0.15, 0.2) is 80.4 Å². The molecule has 2 aromatic heterocycles. The second kappa shape index (κ2) is 8.24. The molecule has 2 N–H and O–H groups in total. The van der Waals surface area contributed by atoms with Crippen molar-refractivity contribution in [2.75, 3.05) is 19.0 Å². The van der Waals surface area contributed by atoms with Crippen molar-refractivity contribution in [1.29, 1.82) is 0 Å². The van der Waals surface area contributed by atoms with Crippen LogP contribution in [0.1, 0.15) is 16.1 Å². The molecule has 0 unspecified atom stereocenters. The van der Waals surface area contributed by atoms with Gasteiger partial charge in [-0.15, -0.1) is 0 Å². The summed E-state index contributed by atoms with van der Waals surface area (Å²) in [6.45, 7) is 0. The fourth-order valence-corrected chi connectivity index (χ4v) is 3.45. The number of nitrogens with one attached hydrogen (secondary N) is 2. The van der Waals surface area contributed by atoms with Gasteiger partial charge in [0.2, 0.25) is 0 Å². The molecular formula is C21H19N5O2S. The molecule has 7 nitrogen and oxygen atoms in total. The fourth-order valence-electron chi connectivity index (χ4n) is 2.68. The van der Waals surface area contributed by atoms with Crippen molar-refractivity contribution in [3.8, 4) is 0 Å². The topological polar surface area (TPSA) is 86.5 Å². The van der Waals surface area contributed by atoms with E-state index in [0.717, 1.165) is 21.9 Å². The zero-order valence-electron chi connectivity index (χ0n) is 15.9. The van der Waals surface area contributed by atoms with Gasteiger partial charge in [0.05, 0.1) is 17.2 Å². The summed E-state index contributed by atoms with van der Waals surface area (Å²) >= 11 is 1.39. The quantitative estimate of drug-likeness (QED) is 0.372. The highest BCUT2D eigenvalue weighted by molar-refractivity contribution is 7.99. The molecule has 2 heterocycles. The van der Waals surface area contributed by atoms with Gasteiger partial charge in [-0.25, -0.2) is 10.4 Å². The van der Waals surface area contributed by atoms with Gasteiger partial charge in [0.25, 0.3) is 5.91 Å². The number of H-pyrrole nitrogens is 1. The molecular weight excluding hydrogens is 386 g/mol. The smallest absolute Gasteiger partial charge is 0.271 e. The molecule has 0 saturated carbocycles. The molecule has 0 atom stereocenters. The number of hydrogen-bond donors (Lipinski definition) is 2. The summed E-state index contributed by atoms with van der Waals surface area (Å²) < 4.78 is 5.72. The molecule has 0 aliphatic carbocycles. The van der Waals surface area contributed by atoms with Crippen LogP contribution in [0.4, 0.5) is 5.69 Å². The minimum Gasteiger partial charge on any atom is -0.448 e. The summed E-state index contributed by atoms with van der Waals surface area (Å²) in [6.07, 6.45) is 1.47. The molecule has 1 amide bonds. The number of benzene rings is 2. The maximum atomic E-state index is 12.3. The molecule has 4 rings (SSSR count). The van der Waals surface area contributed by atoms with Gasteiger partial charge >= 0.3 is 0 Å². The zero-order valence-corrected chi connectivity index (χ0v) is 16.7. The number of hydrogen-bond acceptors (Lipinski definition) is 6. The number of fused-ring (bicyclic) bond motifs is 1. The first kappa shape index (κ1) is 18.8. The van der Waals surface area contributed by atoms with Crippen LogP contribution in [0.25, 0.3) is 11.0 Å². The maximum Gasteiger partial charge on any atom is 0.271 e. The number of carbonyl (C=O) groups is 1. The normalized spacial score (nSPS) is 11.2. The van der Waals surface area contributed by atoms with Crippen molar-refractivity contribution in [3.05, 3.63) is 72.0 Å². The zero-order chi connectivity index (χ0) is 20.2. The number of rotatable bonds is 6. The number of aromatic nitrogens is 2. The molecule has 0 saturated heterocycles. The van der Waals surface area contributed by atoms with Crippen molar-refractivity contribution in [2.24, 2.45) is 5.10 Å². The summed E-state index contributed by atoms with van der Waals surface area (Å²) in [5.41, 5.74) is 5.88. The van der Waals surface area contributed by atoms with Crippen molar-refractivity contribution in [1.82, 2.24) is 15.4 Å². The monoisotopic (exact) mass is 405 g/mol. The number of amides is 1. The van der Waals surface area contributed by atoms with E-state index in [1.165, 1.54) is 18.0 Å². The summed E-state index contributed by atoms with van der Waals surface area (Å²) in [7, 11) is 3.85. The summed E-state index contributed by atoms with van der Waals surface area (Å²) in [5, 5.41) is 5.41. The van der Waals surface area contributed by atoms with Crippen molar-refractivity contribution < 1.29 is 9.21 Å². The van der Waals surface area contributed by atoms with E-state index in [2.05, 4.69) is 20.5 Å². The second-order valence-corrected chi connectivity index (χ2v) is 7.46. The van der Waals surface area contributed by atoms with E-state index >= 15 is 0 Å². The van der Waals surface area contributed by atoms with Gasteiger partial charge in [-0.3, -0.25) is 4.79 Å². The lowest BCUT2D eigenvalue weighted by Gasteiger charge is -2.12. The SMILES string of the molecule is CN(C)c1cccc(C(=O)N/N=C\c2ccc(Sc3nc4ccccc4[nH]3)o2)c1. The Bertz CT molecular complexity index is 1150. The van der Waals surface area contributed by atoms with Crippen LogP contribution < -0.4 is 10.3 Å². The van der Waals surface area contributed by atoms with Crippen LogP contribution in [-0.2, 0) is 0 Å². The number of furan rings is 1. The van der Waals surface area contributed by atoms with Crippen LogP contribution in [0.5, 0.6) is 0 Å². The van der Waals surface area contributed by atoms with E-state index in [9.17, 15) is 4.79 Å². The number of nitrogens with zero attached hydrogens (tertiary/aromatic N) is 3. The van der Waals surface area contributed by atoms with Gasteiger partial charge in [0.15, 0.2) is 10.2 Å². The standard InChI is InChI=1S/C21H19N5O2S/c1-26(2)15-7-5-6-14(12-15)20(27)25-22-13-16-10-11-19(28-16)29-21-23-17-8-3-4-9-18(17)24-21/h3-13H,1-2H3,(H,23,24)(H,25,27)/b22-13-. The van der Waals surface area contributed by atoms with E-state index in [0.29, 0.717) is 16.4 Å². The van der Waals surface area contributed by atoms with E-state index in [4.69, 9.17) is 4.42 Å². The maximum absolute atomic E-state index is 12.3. The molecule has 0 aliphatic rings. The third kappa shape index (κ3) is 4.49. The minimum absolute atomic E-state index is 0.284. The highest BCUT2D eigenvalue weighted by Crippen LogP contribution is 2.28. The van der Waals surface area contributed by atoms with Gasteiger partial charge in [0, 0.05) is 25.3 Å². The van der Waals surface area contributed by atoms with Crippen LogP contribution in [0, 0.1) is 0 Å². The first-order valence-corrected chi connectivity index (χ1v) is 9.73. The average molecular weight is 405 g/mol. The highest BCUT2D eigenvalue weighted by atomic mass is 32.2. The van der Waals surface area contributed by atoms with Crippen LogP contribution in [0.2, 0.25) is 0 Å². The Kier molecular flexibility index (Phi) is 5.35. The molecule has 29 heavy (non-hydrogen) atoms. The van der Waals surface area contributed by atoms with E-state index in [1.54, 1.807) is 18.2 Å². The molecule has 0 radical (unpaired) electrons. The Labute approximate surface area is 171 Å². The molecule has 0 bridgehead atoms. The minimum atomic E-state index is -0.284. The molecule has 0 aliphatic heterocycles. The predicted molar refractivity (Wildman–Crippen MR) is 115 cm³/mol. The highest BCUT2D eigenvalue weighted by Gasteiger charge is 2.08. The van der Waals surface area contributed by atoms with Gasteiger partial charge in [-0.1, -0.05) is 18.2 Å². The number of anilines is 1. The van der Waals surface area contributed by atoms with E-state index in [-0.39, 0.29) is 5.91 Å². The lowest BCUT2D eigenvalue weighted by Crippen LogP contribution is -2.18. The second-order valence-electron chi connectivity index (χ2n) is 6.46. The summed E-state index contributed by atoms with van der Waals surface area (Å²) in [4.78, 5) is 21.9. The Balaban J connectivity index is 1.37. The van der Waals surface area contributed by atoms with Crippen LogP contribution in [0.3, 0.4) is 0 Å². The molecule has 8 heteroatoms. The van der Waals surface area contributed by atoms with Crippen molar-refractivity contribution in [2.45, 2.75) is 10.2 Å². The van der Waals surface area contributed by atoms with Gasteiger partial charge < -0.3 is 14.3 Å². The number of carbonyl (C=O) groups excluding carboxylic acids is 1. The first-order chi connectivity index (χ1) is 14.1. The van der Waals surface area contributed by atoms with Gasteiger partial charge in [-0.05, 0) is 54.2 Å². The fraction of sp³-hybridized carbons (Fsp3) is 0.0952. The Morgan fingerprint density at radius 3 is 2.86 bits per heavy atom. The molecule has 146 valence electrons. The van der Waals surface area contributed by atoms with Gasteiger partial charge in [0.1, 0.15) is 5.76 Å². The Morgan fingerprint density at radius 2 is 2.03 bits per heavy atom. The molecule has 2 aromatic carbocycles. The average Bonchev–Trinajstić information content (AvgIpc) is 3.34. The van der Waals surface area contributed by atoms with Crippen molar-refractivity contribution >= 4 is 40.6 Å². The Morgan fingerprint density at radius 1 is 1.17 bits per heavy atom. The third-order valence-corrected chi connectivity index (χ3v) is 4.96. The van der Waals surface area contributed by atoms with Crippen LogP contribution in [-0.4, -0.2) is 36.2 Å². The van der Waals surface area contributed by atoms with Crippen molar-refractivity contribution in [3.63, 3.8) is 0 Å². The molecule has 0 spiro atoms. The lowest BCUT2D eigenvalue weighted by molar-refractivity contribution is 0.0955. The predicted octanol–water partition coefficient (Wildman–Crippen LogP) is 4.14. The number of imidazole rings is 1. The van der Waals surface area contributed by atoms with E-state index in [1.807, 2.05) is 61.5 Å². The molecule has 4 aromatic rings. The number of hydrazone groups is 1. The van der Waals surface area contributed by atoms with Crippen LogP contribution >= 0.6 is 11.8 Å². The first-order valence-electron chi connectivity index (χ1n) is 8.92. The summed E-state index contributed by atoms with van der Waals surface area (Å²) in [6, 6.07) is 18.8. The third-order valence-electron chi connectivity index (χ3n) is 4.15. The lowest BCUT2D eigenvalue weighted by atomic mass is 10.2. The molecule has 0 fully saturated rings. The Hall–Kier alpha value is -3.52. The van der Waals surface area contributed by atoms with Gasteiger partial charge in [-0.2, -0.15) is 5.10 Å². The largest absolute Gasteiger partial charge is 0.448 e. The number of para-hydroxylation sites is 2. The number of aromatic amines is 1. The van der Waals surface area contributed by atoms with E-state index < -0.39 is 0 Å². The summed E-state index contributed by atoms with van der Waals surface area (Å²) in [5.74, 6) is 0.249.